The molecule has 0 radical (unpaired) electrons. The quantitative estimate of drug-likeness (QED) is 0.446. The van der Waals surface area contributed by atoms with E-state index < -0.39 is 0 Å². The highest BCUT2D eigenvalue weighted by Crippen LogP contribution is 2.21. The fraction of sp³-hybridized carbons (Fsp3) is 0.235. The van der Waals surface area contributed by atoms with Gasteiger partial charge in [-0.3, -0.25) is 4.79 Å². The molecule has 3 aromatic rings. The normalized spacial score (nSPS) is 10.9. The van der Waals surface area contributed by atoms with E-state index in [2.05, 4.69) is 33.1 Å². The number of nitrogens with zero attached hydrogens (tertiary/aromatic N) is 3. The molecule has 7 heteroatoms. The average molecular weight is 378 g/mol. The van der Waals surface area contributed by atoms with E-state index in [1.165, 1.54) is 16.6 Å². The number of halogens is 1. The van der Waals surface area contributed by atoms with E-state index in [1.54, 1.807) is 35.6 Å². The average Bonchev–Trinajstić information content (AvgIpc) is 3.23. The van der Waals surface area contributed by atoms with Crippen molar-refractivity contribution in [1.82, 2.24) is 14.8 Å². The summed E-state index contributed by atoms with van der Waals surface area (Å²) in [5.74, 6) is 1.32. The van der Waals surface area contributed by atoms with Crippen molar-refractivity contribution in [2.45, 2.75) is 25.0 Å². The van der Waals surface area contributed by atoms with Crippen LogP contribution in [0.2, 0.25) is 5.02 Å². The van der Waals surface area contributed by atoms with E-state index in [9.17, 15) is 4.79 Å². The summed E-state index contributed by atoms with van der Waals surface area (Å²) < 4.78 is 2.07. The van der Waals surface area contributed by atoms with Gasteiger partial charge in [-0.05, 0) is 42.6 Å². The number of carbonyl (C=O) groups is 1. The Kier molecular flexibility index (Phi) is 5.71. The number of rotatable bonds is 7. The Balaban J connectivity index is 1.67. The molecule has 4 nitrogen and oxygen atoms in total. The van der Waals surface area contributed by atoms with Gasteiger partial charge in [-0.2, -0.15) is 0 Å². The summed E-state index contributed by atoms with van der Waals surface area (Å²) in [6.45, 7) is 2.84. The van der Waals surface area contributed by atoms with Crippen LogP contribution in [0.1, 0.15) is 28.0 Å². The lowest BCUT2D eigenvalue weighted by atomic mass is 10.1. The second kappa shape index (κ2) is 7.96. The maximum atomic E-state index is 12.3. The molecule has 0 saturated carbocycles. The van der Waals surface area contributed by atoms with Crippen LogP contribution in [-0.4, -0.2) is 26.3 Å². The third kappa shape index (κ3) is 4.06. The van der Waals surface area contributed by atoms with Crippen molar-refractivity contribution in [1.29, 1.82) is 0 Å². The maximum absolute atomic E-state index is 12.3. The molecule has 24 heavy (non-hydrogen) atoms. The number of ketones is 1. The van der Waals surface area contributed by atoms with Gasteiger partial charge in [0.2, 0.25) is 0 Å². The summed E-state index contributed by atoms with van der Waals surface area (Å²) >= 11 is 8.99. The zero-order valence-electron chi connectivity index (χ0n) is 13.1. The summed E-state index contributed by atoms with van der Waals surface area (Å²) in [5, 5.41) is 12.0. The molecule has 0 aliphatic carbocycles. The van der Waals surface area contributed by atoms with Crippen LogP contribution in [0.4, 0.5) is 0 Å². The molecule has 1 aromatic carbocycles. The van der Waals surface area contributed by atoms with Crippen molar-refractivity contribution >= 4 is 40.5 Å². The third-order valence-corrected chi connectivity index (χ3v) is 5.62. The predicted molar refractivity (Wildman–Crippen MR) is 99.3 cm³/mol. The number of hydrogen-bond donors (Lipinski definition) is 0. The summed E-state index contributed by atoms with van der Waals surface area (Å²) in [6, 6.07) is 11.1. The number of thiophene rings is 1. The van der Waals surface area contributed by atoms with Crippen LogP contribution in [0.15, 0.2) is 46.9 Å². The Labute approximate surface area is 153 Å². The second-order valence-electron chi connectivity index (χ2n) is 5.12. The Morgan fingerprint density at radius 3 is 2.71 bits per heavy atom. The van der Waals surface area contributed by atoms with Gasteiger partial charge in [0.15, 0.2) is 10.9 Å². The Morgan fingerprint density at radius 1 is 1.25 bits per heavy atom. The van der Waals surface area contributed by atoms with Gasteiger partial charge in [0, 0.05) is 28.4 Å². The number of hydrogen-bond acceptors (Lipinski definition) is 5. The van der Waals surface area contributed by atoms with Gasteiger partial charge in [-0.25, -0.2) is 0 Å². The molecule has 0 fully saturated rings. The zero-order chi connectivity index (χ0) is 16.9. The SMILES string of the molecule is CCn1c(Cc2cccs2)nnc1SCC(=O)c1ccc(Cl)cc1. The molecule has 0 saturated heterocycles. The predicted octanol–water partition coefficient (Wildman–Crippen LogP) is 4.58. The van der Waals surface area contributed by atoms with Gasteiger partial charge in [0.25, 0.3) is 0 Å². The highest BCUT2D eigenvalue weighted by atomic mass is 35.5. The van der Waals surface area contributed by atoms with Crippen molar-refractivity contribution in [2.24, 2.45) is 0 Å². The van der Waals surface area contributed by atoms with Gasteiger partial charge < -0.3 is 4.57 Å². The molecule has 0 bridgehead atoms. The number of benzene rings is 1. The first kappa shape index (κ1) is 17.2. The van der Waals surface area contributed by atoms with Gasteiger partial charge >= 0.3 is 0 Å². The van der Waals surface area contributed by atoms with Crippen LogP contribution in [-0.2, 0) is 13.0 Å². The highest BCUT2D eigenvalue weighted by molar-refractivity contribution is 7.99. The number of thioether (sulfide) groups is 1. The third-order valence-electron chi connectivity index (χ3n) is 3.52. The first-order chi connectivity index (χ1) is 11.7. The summed E-state index contributed by atoms with van der Waals surface area (Å²) in [4.78, 5) is 13.5. The van der Waals surface area contributed by atoms with E-state index in [1.807, 2.05) is 6.07 Å². The van der Waals surface area contributed by atoms with Crippen molar-refractivity contribution in [3.8, 4) is 0 Å². The smallest absolute Gasteiger partial charge is 0.191 e. The Morgan fingerprint density at radius 2 is 2.04 bits per heavy atom. The van der Waals surface area contributed by atoms with Crippen LogP contribution in [0.5, 0.6) is 0 Å². The summed E-state index contributed by atoms with van der Waals surface area (Å²) in [5.41, 5.74) is 0.660. The molecule has 0 amide bonds. The van der Waals surface area contributed by atoms with Gasteiger partial charge in [-0.1, -0.05) is 29.4 Å². The molecule has 0 aliphatic rings. The van der Waals surface area contributed by atoms with Crippen LogP contribution in [0, 0.1) is 0 Å². The summed E-state index contributed by atoms with van der Waals surface area (Å²) in [6.07, 6.45) is 0.768. The Hall–Kier alpha value is -1.63. The minimum atomic E-state index is 0.0575. The molecule has 124 valence electrons. The molecule has 2 heterocycles. The minimum Gasteiger partial charge on any atom is -0.306 e. The molecule has 0 atom stereocenters. The lowest BCUT2D eigenvalue weighted by Crippen LogP contribution is -2.06. The highest BCUT2D eigenvalue weighted by Gasteiger charge is 2.14. The molecule has 0 spiro atoms. The number of carbonyl (C=O) groups excluding carboxylic acids is 1. The van der Waals surface area contributed by atoms with Crippen molar-refractivity contribution in [3.63, 3.8) is 0 Å². The largest absolute Gasteiger partial charge is 0.306 e. The van der Waals surface area contributed by atoms with E-state index in [4.69, 9.17) is 11.6 Å². The van der Waals surface area contributed by atoms with Crippen molar-refractivity contribution < 1.29 is 4.79 Å². The van der Waals surface area contributed by atoms with E-state index >= 15 is 0 Å². The Bertz CT molecular complexity index is 813. The lowest BCUT2D eigenvalue weighted by molar-refractivity contribution is 0.102. The fourth-order valence-electron chi connectivity index (χ4n) is 2.29. The van der Waals surface area contributed by atoms with Crippen LogP contribution >= 0.6 is 34.7 Å². The first-order valence-electron chi connectivity index (χ1n) is 7.53. The molecule has 0 N–H and O–H groups in total. The van der Waals surface area contributed by atoms with Crippen molar-refractivity contribution in [2.75, 3.05) is 5.75 Å². The zero-order valence-corrected chi connectivity index (χ0v) is 15.5. The summed E-state index contributed by atoms with van der Waals surface area (Å²) in [7, 11) is 0. The molecular formula is C17H16ClN3OS2. The first-order valence-corrected chi connectivity index (χ1v) is 9.77. The molecule has 2 aromatic heterocycles. The van der Waals surface area contributed by atoms with Gasteiger partial charge in [0.1, 0.15) is 5.82 Å². The fourth-order valence-corrected chi connectivity index (χ4v) is 4.04. The van der Waals surface area contributed by atoms with Crippen molar-refractivity contribution in [3.05, 3.63) is 63.1 Å². The van der Waals surface area contributed by atoms with Crippen LogP contribution in [0.25, 0.3) is 0 Å². The maximum Gasteiger partial charge on any atom is 0.191 e. The molecule has 0 aliphatic heterocycles. The minimum absolute atomic E-state index is 0.0575. The van der Waals surface area contributed by atoms with Gasteiger partial charge in [0.05, 0.1) is 5.75 Å². The number of Topliss-reactive ketones (excluding diaryl/α,β-unsaturated/α-hetero) is 1. The lowest BCUT2D eigenvalue weighted by Gasteiger charge is -2.06. The standard InChI is InChI=1S/C17H16ClN3OS2/c1-2-21-16(10-14-4-3-9-23-14)19-20-17(21)24-11-15(22)12-5-7-13(18)8-6-12/h3-9H,2,10-11H2,1H3. The number of aromatic nitrogens is 3. The monoisotopic (exact) mass is 377 g/mol. The van der Waals surface area contributed by atoms with Crippen LogP contribution < -0.4 is 0 Å². The molecular weight excluding hydrogens is 362 g/mol. The van der Waals surface area contributed by atoms with E-state index in [0.29, 0.717) is 16.3 Å². The van der Waals surface area contributed by atoms with E-state index in [-0.39, 0.29) is 5.78 Å². The second-order valence-corrected chi connectivity index (χ2v) is 7.53. The molecule has 3 rings (SSSR count). The molecule has 0 unspecified atom stereocenters. The van der Waals surface area contributed by atoms with Gasteiger partial charge in [-0.15, -0.1) is 21.5 Å². The van der Waals surface area contributed by atoms with Crippen LogP contribution in [0.3, 0.4) is 0 Å². The topological polar surface area (TPSA) is 47.8 Å². The van der Waals surface area contributed by atoms with E-state index in [0.717, 1.165) is 23.9 Å².